The van der Waals surface area contributed by atoms with Crippen LogP contribution in [0.1, 0.15) is 49.9 Å². The van der Waals surface area contributed by atoms with Gasteiger partial charge in [-0.25, -0.2) is 4.98 Å². The van der Waals surface area contributed by atoms with Crippen molar-refractivity contribution in [3.8, 4) is 22.5 Å². The third-order valence-electron chi connectivity index (χ3n) is 8.31. The van der Waals surface area contributed by atoms with E-state index in [-0.39, 0.29) is 10.8 Å². The fourth-order valence-electron chi connectivity index (χ4n) is 6.24. The highest BCUT2D eigenvalue weighted by atomic mass is 15.2. The quantitative estimate of drug-likeness (QED) is 0.254. The van der Waals surface area contributed by atoms with Crippen LogP contribution in [0.2, 0.25) is 0 Å². The minimum Gasteiger partial charge on any atom is -0.294 e. The summed E-state index contributed by atoms with van der Waals surface area (Å²) in [5, 5.41) is 0. The van der Waals surface area contributed by atoms with E-state index in [0.717, 1.165) is 28.3 Å². The van der Waals surface area contributed by atoms with Crippen molar-refractivity contribution in [3.05, 3.63) is 126 Å². The van der Waals surface area contributed by atoms with E-state index in [0.29, 0.717) is 0 Å². The third kappa shape index (κ3) is 3.07. The Hall–Kier alpha value is -4.24. The zero-order chi connectivity index (χ0) is 25.4. The lowest BCUT2D eigenvalue weighted by atomic mass is 9.67. The molecular formula is C34H29N3. The minimum atomic E-state index is -0.175. The van der Waals surface area contributed by atoms with Gasteiger partial charge < -0.3 is 0 Å². The first-order chi connectivity index (χ1) is 17.9. The smallest absolute Gasteiger partial charge is 0.142 e. The van der Waals surface area contributed by atoms with Gasteiger partial charge in [-0.15, -0.1) is 0 Å². The lowest BCUT2D eigenvalue weighted by Gasteiger charge is -2.48. The number of hydrogen-bond donors (Lipinski definition) is 0. The van der Waals surface area contributed by atoms with Gasteiger partial charge in [-0.3, -0.25) is 9.88 Å². The van der Waals surface area contributed by atoms with Crippen LogP contribution < -0.4 is 4.90 Å². The maximum absolute atomic E-state index is 5.36. The van der Waals surface area contributed by atoms with E-state index in [4.69, 9.17) is 4.98 Å². The number of anilines is 3. The van der Waals surface area contributed by atoms with Crippen LogP contribution in [0.5, 0.6) is 0 Å². The molecule has 3 nitrogen and oxygen atoms in total. The summed E-state index contributed by atoms with van der Waals surface area (Å²) in [6.45, 7) is 9.34. The van der Waals surface area contributed by atoms with Crippen LogP contribution in [0.25, 0.3) is 22.5 Å². The first-order valence-electron chi connectivity index (χ1n) is 12.9. The van der Waals surface area contributed by atoms with Crippen LogP contribution in [0.4, 0.5) is 17.2 Å². The van der Waals surface area contributed by atoms with Crippen molar-refractivity contribution in [2.24, 2.45) is 0 Å². The number of rotatable bonds is 2. The maximum Gasteiger partial charge on any atom is 0.142 e. The molecule has 0 N–H and O–H groups in total. The van der Waals surface area contributed by atoms with Crippen molar-refractivity contribution in [2.45, 2.75) is 38.5 Å². The summed E-state index contributed by atoms with van der Waals surface area (Å²) < 4.78 is 0. The molecule has 0 unspecified atom stereocenters. The van der Waals surface area contributed by atoms with E-state index < -0.39 is 0 Å². The summed E-state index contributed by atoms with van der Waals surface area (Å²) in [7, 11) is 0. The molecule has 0 bridgehead atoms. The van der Waals surface area contributed by atoms with E-state index in [1.165, 1.54) is 33.6 Å². The van der Waals surface area contributed by atoms with Gasteiger partial charge in [0.1, 0.15) is 5.82 Å². The molecule has 0 spiro atoms. The zero-order valence-corrected chi connectivity index (χ0v) is 21.7. The molecule has 3 aromatic carbocycles. The molecule has 180 valence electrons. The summed E-state index contributed by atoms with van der Waals surface area (Å²) in [6.07, 6.45) is 1.86. The third-order valence-corrected chi connectivity index (χ3v) is 8.31. The van der Waals surface area contributed by atoms with Crippen LogP contribution in [0.15, 0.2) is 103 Å². The normalized spacial score (nSPS) is 15.9. The van der Waals surface area contributed by atoms with Crippen LogP contribution in [0, 0.1) is 0 Å². The molecule has 37 heavy (non-hydrogen) atoms. The number of benzene rings is 3. The van der Waals surface area contributed by atoms with Crippen molar-refractivity contribution in [3.63, 3.8) is 0 Å². The summed E-state index contributed by atoms with van der Waals surface area (Å²) in [5.41, 5.74) is 11.6. The molecule has 5 aromatic rings. The molecule has 7 rings (SSSR count). The Labute approximate surface area is 218 Å². The molecule has 2 aliphatic heterocycles. The van der Waals surface area contributed by atoms with E-state index >= 15 is 0 Å². The van der Waals surface area contributed by atoms with Crippen LogP contribution >= 0.6 is 0 Å². The molecule has 0 amide bonds. The maximum atomic E-state index is 5.36. The average molecular weight is 480 g/mol. The van der Waals surface area contributed by atoms with Gasteiger partial charge in [0.05, 0.1) is 22.8 Å². The molecule has 0 saturated carbocycles. The van der Waals surface area contributed by atoms with Crippen LogP contribution in [0.3, 0.4) is 0 Å². The standard InChI is InChI=1S/C34H29N3/c1-33(2)24-17-16-23(28-15-8-9-20-35-28)21-30(24)37-31-25(33)13-10-14-26(31)34(3,4)27-18-19-29(36-32(27)37)22-11-6-5-7-12-22/h5-21H,1-4H3. The Bertz CT molecular complexity index is 1550. The van der Waals surface area contributed by atoms with Gasteiger partial charge >= 0.3 is 0 Å². The van der Waals surface area contributed by atoms with Crippen LogP contribution in [-0.4, -0.2) is 9.97 Å². The second kappa shape index (κ2) is 7.63. The lowest BCUT2D eigenvalue weighted by Crippen LogP contribution is -2.38. The van der Waals surface area contributed by atoms with Gasteiger partial charge in [-0.2, -0.15) is 0 Å². The van der Waals surface area contributed by atoms with Gasteiger partial charge in [-0.1, -0.05) is 100 Å². The van der Waals surface area contributed by atoms with Gasteiger partial charge in [0, 0.05) is 33.7 Å². The molecule has 0 atom stereocenters. The number of fused-ring (bicyclic) bond motifs is 4. The fraction of sp³-hybridized carbons (Fsp3) is 0.176. The topological polar surface area (TPSA) is 29.0 Å². The highest BCUT2D eigenvalue weighted by molar-refractivity contribution is 5.93. The molecular weight excluding hydrogens is 450 g/mol. The predicted molar refractivity (Wildman–Crippen MR) is 152 cm³/mol. The monoisotopic (exact) mass is 479 g/mol. The molecule has 0 radical (unpaired) electrons. The second-order valence-electron chi connectivity index (χ2n) is 11.2. The van der Waals surface area contributed by atoms with Gasteiger partial charge in [-0.05, 0) is 41.0 Å². The largest absolute Gasteiger partial charge is 0.294 e. The molecule has 0 aliphatic carbocycles. The number of para-hydroxylation sites is 1. The molecule has 0 fully saturated rings. The van der Waals surface area contributed by atoms with E-state index in [1.807, 2.05) is 18.3 Å². The molecule has 0 saturated heterocycles. The molecule has 3 heteroatoms. The second-order valence-corrected chi connectivity index (χ2v) is 11.2. The Kier molecular flexibility index (Phi) is 4.54. The van der Waals surface area contributed by atoms with Crippen molar-refractivity contribution >= 4 is 17.2 Å². The van der Waals surface area contributed by atoms with Gasteiger partial charge in [0.2, 0.25) is 0 Å². The Morgan fingerprint density at radius 3 is 2.00 bits per heavy atom. The predicted octanol–water partition coefficient (Wildman–Crippen LogP) is 8.56. The van der Waals surface area contributed by atoms with Crippen molar-refractivity contribution in [1.29, 1.82) is 0 Å². The molecule has 4 heterocycles. The Balaban J connectivity index is 1.55. The highest BCUT2D eigenvalue weighted by Gasteiger charge is 2.46. The molecule has 2 aromatic heterocycles. The number of aromatic nitrogens is 2. The number of hydrogen-bond acceptors (Lipinski definition) is 3. The number of pyridine rings is 2. The van der Waals surface area contributed by atoms with Crippen LogP contribution in [-0.2, 0) is 10.8 Å². The zero-order valence-electron chi connectivity index (χ0n) is 21.7. The summed E-state index contributed by atoms with van der Waals surface area (Å²) in [5.74, 6) is 1.02. The SMILES string of the molecule is CC1(C)c2ccc(-c3ccccn3)cc2N2c3nc(-c4ccccc4)ccc3C(C)(C)c3cccc1c32. The Morgan fingerprint density at radius 1 is 0.568 bits per heavy atom. The van der Waals surface area contributed by atoms with Crippen molar-refractivity contribution in [2.75, 3.05) is 4.90 Å². The molecule has 2 aliphatic rings. The number of nitrogens with zero attached hydrogens (tertiary/aromatic N) is 3. The first kappa shape index (κ1) is 22.0. The van der Waals surface area contributed by atoms with Gasteiger partial charge in [0.15, 0.2) is 0 Å². The first-order valence-corrected chi connectivity index (χ1v) is 12.9. The van der Waals surface area contributed by atoms with E-state index in [2.05, 4.69) is 123 Å². The average Bonchev–Trinajstić information content (AvgIpc) is 2.93. The van der Waals surface area contributed by atoms with Gasteiger partial charge in [0.25, 0.3) is 0 Å². The summed E-state index contributed by atoms with van der Waals surface area (Å²) >= 11 is 0. The summed E-state index contributed by atoms with van der Waals surface area (Å²) in [6, 6.07) is 34.6. The van der Waals surface area contributed by atoms with E-state index in [1.54, 1.807) is 0 Å². The minimum absolute atomic E-state index is 0.148. The Morgan fingerprint density at radius 2 is 1.27 bits per heavy atom. The highest BCUT2D eigenvalue weighted by Crippen LogP contribution is 2.59. The lowest BCUT2D eigenvalue weighted by molar-refractivity contribution is 0.594. The van der Waals surface area contributed by atoms with Crippen molar-refractivity contribution in [1.82, 2.24) is 9.97 Å². The fourth-order valence-corrected chi connectivity index (χ4v) is 6.24. The summed E-state index contributed by atoms with van der Waals surface area (Å²) in [4.78, 5) is 12.4. The van der Waals surface area contributed by atoms with Crippen molar-refractivity contribution < 1.29 is 0 Å². The van der Waals surface area contributed by atoms with E-state index in [9.17, 15) is 0 Å².